The summed E-state index contributed by atoms with van der Waals surface area (Å²) in [6, 6.07) is 13.4. The predicted molar refractivity (Wildman–Crippen MR) is 119 cm³/mol. The number of hydrogen-bond acceptors (Lipinski definition) is 3. The number of aromatic amines is 1. The van der Waals surface area contributed by atoms with Crippen LogP contribution >= 0.6 is 0 Å². The number of halogens is 1. The van der Waals surface area contributed by atoms with Gasteiger partial charge in [0.15, 0.2) is 0 Å². The van der Waals surface area contributed by atoms with E-state index in [1.165, 1.54) is 18.9 Å². The zero-order valence-corrected chi connectivity index (χ0v) is 18.0. The Morgan fingerprint density at radius 3 is 2.84 bits per heavy atom. The summed E-state index contributed by atoms with van der Waals surface area (Å²) in [5, 5.41) is 13.0. The minimum Gasteiger partial charge on any atom is -0.497 e. The zero-order chi connectivity index (χ0) is 21.2. The van der Waals surface area contributed by atoms with Crippen molar-refractivity contribution in [3.63, 3.8) is 0 Å². The maximum atomic E-state index is 14.8. The second kappa shape index (κ2) is 6.81. The van der Waals surface area contributed by atoms with E-state index in [1.54, 1.807) is 13.2 Å². The van der Waals surface area contributed by atoms with E-state index in [4.69, 9.17) is 4.74 Å². The van der Waals surface area contributed by atoms with E-state index in [0.29, 0.717) is 24.8 Å². The molecule has 2 unspecified atom stereocenters. The molecule has 3 aliphatic rings. The zero-order valence-electron chi connectivity index (χ0n) is 18.0. The molecule has 0 amide bonds. The van der Waals surface area contributed by atoms with Crippen LogP contribution in [0.2, 0.25) is 0 Å². The molecule has 0 radical (unpaired) electrons. The first-order valence-electron chi connectivity index (χ1n) is 11.4. The molecule has 1 saturated heterocycles. The third-order valence-corrected chi connectivity index (χ3v) is 7.98. The molecule has 1 aliphatic heterocycles. The number of nitrogens with one attached hydrogen (secondary N) is 1. The number of benzene rings is 2. The van der Waals surface area contributed by atoms with E-state index in [0.717, 1.165) is 53.5 Å². The molecule has 1 aromatic heterocycles. The van der Waals surface area contributed by atoms with E-state index in [-0.39, 0.29) is 5.82 Å². The second-order valence-electron chi connectivity index (χ2n) is 9.87. The van der Waals surface area contributed by atoms with E-state index in [9.17, 15) is 9.50 Å². The van der Waals surface area contributed by atoms with E-state index < -0.39 is 11.0 Å². The highest BCUT2D eigenvalue weighted by atomic mass is 19.1. The molecule has 2 heterocycles. The van der Waals surface area contributed by atoms with Gasteiger partial charge in [-0.05, 0) is 67.1 Å². The van der Waals surface area contributed by atoms with Gasteiger partial charge >= 0.3 is 0 Å². The summed E-state index contributed by atoms with van der Waals surface area (Å²) in [6.07, 6.45) is 4.61. The topological polar surface area (TPSA) is 48.5 Å². The molecule has 0 bridgehead atoms. The summed E-state index contributed by atoms with van der Waals surface area (Å²) < 4.78 is 20.3. The lowest BCUT2D eigenvalue weighted by atomic mass is 9.56. The summed E-state index contributed by atoms with van der Waals surface area (Å²) >= 11 is 0. The highest BCUT2D eigenvalue weighted by molar-refractivity contribution is 5.86. The van der Waals surface area contributed by atoms with Gasteiger partial charge in [-0.2, -0.15) is 0 Å². The Balaban J connectivity index is 1.50. The maximum Gasteiger partial charge on any atom is 0.132 e. The van der Waals surface area contributed by atoms with Crippen LogP contribution in [0.1, 0.15) is 36.1 Å². The number of aliphatic hydroxyl groups is 1. The standard InChI is InChI=1S/C26H29FN2O2/c1-31-19-5-2-4-18(12-19)25-10-11-29(15-17-8-9-17)16-26(25,30)13-20-23(14-25)28-22-7-3-6-21(27)24(20)22/h2-7,12,17,28,30H,8-11,13-16H2,1H3. The quantitative estimate of drug-likeness (QED) is 0.665. The van der Waals surface area contributed by atoms with Crippen LogP contribution in [0, 0.1) is 11.7 Å². The predicted octanol–water partition coefficient (Wildman–Crippen LogP) is 4.20. The number of ether oxygens (including phenoxy) is 1. The summed E-state index contributed by atoms with van der Waals surface area (Å²) in [5.41, 5.74) is 2.56. The monoisotopic (exact) mass is 420 g/mol. The van der Waals surface area contributed by atoms with Crippen molar-refractivity contribution in [2.24, 2.45) is 5.92 Å². The number of β-amino-alcohol motifs (C(OH)–C–C–N with tert-alkyl or cyclic N) is 1. The van der Waals surface area contributed by atoms with Crippen molar-refractivity contribution in [3.05, 3.63) is 65.1 Å². The molecule has 2 aliphatic carbocycles. The van der Waals surface area contributed by atoms with Crippen LogP contribution in [0.25, 0.3) is 10.9 Å². The average molecular weight is 421 g/mol. The second-order valence-corrected chi connectivity index (χ2v) is 9.87. The number of rotatable bonds is 4. The first-order valence-corrected chi connectivity index (χ1v) is 11.4. The molecular weight excluding hydrogens is 391 g/mol. The molecule has 6 rings (SSSR count). The number of fused-ring (bicyclic) bond motifs is 4. The molecule has 5 heteroatoms. The number of likely N-dealkylation sites (tertiary alicyclic amines) is 1. The Hall–Kier alpha value is -2.37. The Bertz CT molecular complexity index is 1150. The van der Waals surface area contributed by atoms with Gasteiger partial charge in [-0.15, -0.1) is 0 Å². The lowest BCUT2D eigenvalue weighted by molar-refractivity contribution is -0.103. The van der Waals surface area contributed by atoms with Gasteiger partial charge in [0.05, 0.1) is 12.7 Å². The molecule has 2 atom stereocenters. The first kappa shape index (κ1) is 19.3. The van der Waals surface area contributed by atoms with Crippen molar-refractivity contribution in [1.82, 2.24) is 9.88 Å². The Morgan fingerprint density at radius 2 is 2.03 bits per heavy atom. The fourth-order valence-corrected chi connectivity index (χ4v) is 6.18. The number of aromatic nitrogens is 1. The van der Waals surface area contributed by atoms with Crippen LogP contribution in [0.5, 0.6) is 5.75 Å². The van der Waals surface area contributed by atoms with Gasteiger partial charge in [-0.1, -0.05) is 18.2 Å². The number of hydrogen-bond donors (Lipinski definition) is 2. The van der Waals surface area contributed by atoms with Crippen LogP contribution in [0.4, 0.5) is 4.39 Å². The smallest absolute Gasteiger partial charge is 0.132 e. The molecule has 1 saturated carbocycles. The van der Waals surface area contributed by atoms with Gasteiger partial charge in [0, 0.05) is 47.9 Å². The Kier molecular flexibility index (Phi) is 4.25. The Morgan fingerprint density at radius 1 is 1.19 bits per heavy atom. The molecule has 4 nitrogen and oxygen atoms in total. The first-order chi connectivity index (χ1) is 15.0. The van der Waals surface area contributed by atoms with E-state index >= 15 is 0 Å². The molecule has 2 fully saturated rings. The van der Waals surface area contributed by atoms with Crippen molar-refractivity contribution in [3.8, 4) is 5.75 Å². The van der Waals surface area contributed by atoms with Gasteiger partial charge in [-0.3, -0.25) is 0 Å². The minimum atomic E-state index is -0.961. The van der Waals surface area contributed by atoms with Crippen LogP contribution in [0.3, 0.4) is 0 Å². The molecule has 31 heavy (non-hydrogen) atoms. The van der Waals surface area contributed by atoms with Crippen molar-refractivity contribution in [2.75, 3.05) is 26.7 Å². The maximum absolute atomic E-state index is 14.8. The van der Waals surface area contributed by atoms with Gasteiger partial charge in [0.25, 0.3) is 0 Å². The van der Waals surface area contributed by atoms with Crippen LogP contribution in [0.15, 0.2) is 42.5 Å². The van der Waals surface area contributed by atoms with Crippen molar-refractivity contribution < 1.29 is 14.2 Å². The highest BCUT2D eigenvalue weighted by Gasteiger charge is 2.58. The molecule has 162 valence electrons. The molecule has 0 spiro atoms. The van der Waals surface area contributed by atoms with Crippen molar-refractivity contribution >= 4 is 10.9 Å². The number of H-pyrrole nitrogens is 1. The van der Waals surface area contributed by atoms with Crippen LogP contribution < -0.4 is 4.74 Å². The minimum absolute atomic E-state index is 0.210. The van der Waals surface area contributed by atoms with E-state index in [1.807, 2.05) is 18.2 Å². The molecule has 3 aromatic rings. The third-order valence-electron chi connectivity index (χ3n) is 7.98. The molecule has 2 N–H and O–H groups in total. The van der Waals surface area contributed by atoms with Crippen molar-refractivity contribution in [2.45, 2.75) is 43.1 Å². The summed E-state index contributed by atoms with van der Waals surface area (Å²) in [4.78, 5) is 5.92. The average Bonchev–Trinajstić information content (AvgIpc) is 3.51. The van der Waals surface area contributed by atoms with Crippen molar-refractivity contribution in [1.29, 1.82) is 0 Å². The SMILES string of the molecule is COc1cccc(C23CCN(CC4CC4)CC2(O)Cc2c([nH]c4cccc(F)c24)C3)c1. The summed E-state index contributed by atoms with van der Waals surface area (Å²) in [7, 11) is 1.68. The van der Waals surface area contributed by atoms with Gasteiger partial charge in [-0.25, -0.2) is 4.39 Å². The largest absolute Gasteiger partial charge is 0.497 e. The highest BCUT2D eigenvalue weighted by Crippen LogP contribution is 2.52. The summed E-state index contributed by atoms with van der Waals surface area (Å²) in [6.45, 7) is 2.66. The lowest BCUT2D eigenvalue weighted by Crippen LogP contribution is -2.66. The van der Waals surface area contributed by atoms with Gasteiger partial charge in [0.2, 0.25) is 0 Å². The number of nitrogens with zero attached hydrogens (tertiary/aromatic N) is 1. The molecule has 2 aromatic carbocycles. The van der Waals surface area contributed by atoms with Crippen LogP contribution in [-0.2, 0) is 18.3 Å². The van der Waals surface area contributed by atoms with Crippen LogP contribution in [-0.4, -0.2) is 47.3 Å². The fourth-order valence-electron chi connectivity index (χ4n) is 6.18. The van der Waals surface area contributed by atoms with Gasteiger partial charge in [0.1, 0.15) is 11.6 Å². The summed E-state index contributed by atoms with van der Waals surface area (Å²) in [5.74, 6) is 1.37. The van der Waals surface area contributed by atoms with E-state index in [2.05, 4.69) is 22.0 Å². The molecular formula is C26H29FN2O2. The number of methoxy groups -OCH3 is 1. The number of piperidine rings is 1. The third kappa shape index (κ3) is 2.94. The fraction of sp³-hybridized carbons (Fsp3) is 0.462. The normalized spacial score (nSPS) is 28.4. The van der Waals surface area contributed by atoms with Gasteiger partial charge < -0.3 is 19.7 Å². The Labute approximate surface area is 182 Å². The lowest BCUT2D eigenvalue weighted by Gasteiger charge is -2.56.